The van der Waals surface area contributed by atoms with Gasteiger partial charge in [-0.15, -0.1) is 0 Å². The van der Waals surface area contributed by atoms with Crippen molar-refractivity contribution in [2.24, 2.45) is 5.73 Å². The Morgan fingerprint density at radius 3 is 2.78 bits per heavy atom. The first-order chi connectivity index (χ1) is 8.77. The lowest BCUT2D eigenvalue weighted by atomic mass is 10.0. The predicted molar refractivity (Wildman–Crippen MR) is 72.0 cm³/mol. The number of fused-ring (bicyclic) bond motifs is 1. The van der Waals surface area contributed by atoms with Gasteiger partial charge in [0.1, 0.15) is 5.76 Å². The molecule has 5 heteroatoms. The van der Waals surface area contributed by atoms with Crippen molar-refractivity contribution in [3.05, 3.63) is 58.7 Å². The van der Waals surface area contributed by atoms with E-state index in [4.69, 9.17) is 10.2 Å². The first-order valence-corrected chi connectivity index (χ1v) is 6.25. The fraction of sp³-hybridized carbons (Fsp3) is 0.0769. The summed E-state index contributed by atoms with van der Waals surface area (Å²) in [7, 11) is 0. The summed E-state index contributed by atoms with van der Waals surface area (Å²) in [5, 5.41) is 0. The average molecular weight is 304 g/mol. The average Bonchev–Trinajstić information content (AvgIpc) is 2.83. The lowest BCUT2D eigenvalue weighted by Crippen LogP contribution is -2.12. The van der Waals surface area contributed by atoms with Crippen molar-refractivity contribution in [1.82, 2.24) is 9.97 Å². The number of hydrogen-bond donors (Lipinski definition) is 1. The van der Waals surface area contributed by atoms with E-state index in [0.29, 0.717) is 5.76 Å². The van der Waals surface area contributed by atoms with E-state index in [9.17, 15) is 0 Å². The standard InChI is InChI=1S/C13H10BrN3O/c14-9-4-7-18-13(9)11(15)8-2-1-3-10-12(8)17-6-5-16-10/h1-7,11H,15H2. The van der Waals surface area contributed by atoms with Gasteiger partial charge in [0, 0.05) is 18.0 Å². The van der Waals surface area contributed by atoms with E-state index in [0.717, 1.165) is 21.1 Å². The Bertz CT molecular complexity index is 690. The number of rotatable bonds is 2. The highest BCUT2D eigenvalue weighted by Gasteiger charge is 2.18. The lowest BCUT2D eigenvalue weighted by molar-refractivity contribution is 0.488. The number of aromatic nitrogens is 2. The molecule has 0 saturated carbocycles. The highest BCUT2D eigenvalue weighted by atomic mass is 79.9. The molecule has 2 N–H and O–H groups in total. The maximum Gasteiger partial charge on any atom is 0.139 e. The van der Waals surface area contributed by atoms with Gasteiger partial charge in [0.05, 0.1) is 27.8 Å². The minimum absolute atomic E-state index is 0.366. The quantitative estimate of drug-likeness (QED) is 0.790. The van der Waals surface area contributed by atoms with E-state index in [2.05, 4.69) is 25.9 Å². The summed E-state index contributed by atoms with van der Waals surface area (Å²) in [6, 6.07) is 7.23. The second-order valence-corrected chi connectivity index (χ2v) is 4.74. The van der Waals surface area contributed by atoms with Gasteiger partial charge < -0.3 is 10.2 Å². The third kappa shape index (κ3) is 1.81. The smallest absolute Gasteiger partial charge is 0.139 e. The molecule has 3 aromatic rings. The fourth-order valence-corrected chi connectivity index (χ4v) is 2.38. The molecule has 4 nitrogen and oxygen atoms in total. The van der Waals surface area contributed by atoms with Gasteiger partial charge in [-0.1, -0.05) is 12.1 Å². The second-order valence-electron chi connectivity index (χ2n) is 3.88. The van der Waals surface area contributed by atoms with Crippen LogP contribution in [0.1, 0.15) is 17.4 Å². The Morgan fingerprint density at radius 1 is 1.17 bits per heavy atom. The second kappa shape index (κ2) is 4.51. The summed E-state index contributed by atoms with van der Waals surface area (Å²) in [5.41, 5.74) is 8.76. The maximum absolute atomic E-state index is 6.24. The van der Waals surface area contributed by atoms with Gasteiger partial charge in [-0.3, -0.25) is 9.97 Å². The largest absolute Gasteiger partial charge is 0.466 e. The Morgan fingerprint density at radius 2 is 2.00 bits per heavy atom. The molecule has 0 radical (unpaired) electrons. The summed E-state index contributed by atoms with van der Waals surface area (Å²) < 4.78 is 6.27. The topological polar surface area (TPSA) is 64.9 Å². The molecule has 90 valence electrons. The molecule has 18 heavy (non-hydrogen) atoms. The maximum atomic E-state index is 6.24. The molecule has 2 aromatic heterocycles. The molecule has 0 fully saturated rings. The molecule has 0 saturated heterocycles. The van der Waals surface area contributed by atoms with Crippen LogP contribution in [0.4, 0.5) is 0 Å². The Hall–Kier alpha value is -1.72. The van der Waals surface area contributed by atoms with Gasteiger partial charge >= 0.3 is 0 Å². The van der Waals surface area contributed by atoms with E-state index < -0.39 is 0 Å². The summed E-state index contributed by atoms with van der Waals surface area (Å²) in [5.74, 6) is 0.688. The monoisotopic (exact) mass is 303 g/mol. The van der Waals surface area contributed by atoms with Crippen molar-refractivity contribution >= 4 is 27.0 Å². The molecule has 3 rings (SSSR count). The first-order valence-electron chi connectivity index (χ1n) is 5.45. The predicted octanol–water partition coefficient (Wildman–Crippen LogP) is 3.03. The van der Waals surface area contributed by atoms with Gasteiger partial charge in [-0.25, -0.2) is 0 Å². The fourth-order valence-electron chi connectivity index (χ4n) is 1.93. The highest BCUT2D eigenvalue weighted by molar-refractivity contribution is 9.10. The van der Waals surface area contributed by atoms with E-state index in [1.54, 1.807) is 18.7 Å². The molecule has 0 bridgehead atoms. The number of para-hydroxylation sites is 1. The van der Waals surface area contributed by atoms with Gasteiger partial charge in [-0.05, 0) is 28.1 Å². The third-order valence-electron chi connectivity index (χ3n) is 2.79. The van der Waals surface area contributed by atoms with Crippen molar-refractivity contribution in [3.8, 4) is 0 Å². The van der Waals surface area contributed by atoms with Crippen LogP contribution in [0.25, 0.3) is 11.0 Å². The van der Waals surface area contributed by atoms with Crippen molar-refractivity contribution in [2.45, 2.75) is 6.04 Å². The Balaban J connectivity index is 2.18. The number of nitrogens with two attached hydrogens (primary N) is 1. The number of nitrogens with zero attached hydrogens (tertiary/aromatic N) is 2. The number of hydrogen-bond acceptors (Lipinski definition) is 4. The van der Waals surface area contributed by atoms with Gasteiger partial charge in [-0.2, -0.15) is 0 Å². The van der Waals surface area contributed by atoms with E-state index in [-0.39, 0.29) is 6.04 Å². The minimum Gasteiger partial charge on any atom is -0.466 e. The van der Waals surface area contributed by atoms with Crippen LogP contribution in [0.3, 0.4) is 0 Å². The molecule has 0 aliphatic carbocycles. The van der Waals surface area contributed by atoms with Crippen LogP contribution in [-0.4, -0.2) is 9.97 Å². The Kier molecular flexibility index (Phi) is 2.85. The normalized spacial score (nSPS) is 12.8. The van der Waals surface area contributed by atoms with Crippen LogP contribution < -0.4 is 5.73 Å². The lowest BCUT2D eigenvalue weighted by Gasteiger charge is -2.11. The molecule has 1 atom stereocenters. The number of furan rings is 1. The summed E-state index contributed by atoms with van der Waals surface area (Å²) >= 11 is 3.42. The van der Waals surface area contributed by atoms with Crippen LogP contribution >= 0.6 is 15.9 Å². The molecular formula is C13H10BrN3O. The third-order valence-corrected chi connectivity index (χ3v) is 3.45. The van der Waals surface area contributed by atoms with Gasteiger partial charge in [0.15, 0.2) is 0 Å². The van der Waals surface area contributed by atoms with Gasteiger partial charge in [0.2, 0.25) is 0 Å². The highest BCUT2D eigenvalue weighted by Crippen LogP contribution is 2.30. The summed E-state index contributed by atoms with van der Waals surface area (Å²) in [6.07, 6.45) is 4.94. The van der Waals surface area contributed by atoms with Crippen LogP contribution in [0.15, 0.2) is 51.8 Å². The van der Waals surface area contributed by atoms with Crippen LogP contribution in [-0.2, 0) is 0 Å². The Labute approximate surface area is 112 Å². The summed E-state index contributed by atoms with van der Waals surface area (Å²) in [4.78, 5) is 8.61. The van der Waals surface area contributed by atoms with Crippen LogP contribution in [0, 0.1) is 0 Å². The molecule has 0 aliphatic rings. The van der Waals surface area contributed by atoms with Crippen molar-refractivity contribution < 1.29 is 4.42 Å². The van der Waals surface area contributed by atoms with Gasteiger partial charge in [0.25, 0.3) is 0 Å². The molecular weight excluding hydrogens is 294 g/mol. The zero-order valence-electron chi connectivity index (χ0n) is 9.38. The molecule has 0 amide bonds. The summed E-state index contributed by atoms with van der Waals surface area (Å²) in [6.45, 7) is 0. The molecule has 1 unspecified atom stereocenters. The van der Waals surface area contributed by atoms with Crippen molar-refractivity contribution in [2.75, 3.05) is 0 Å². The molecule has 1 aromatic carbocycles. The minimum atomic E-state index is -0.366. The van der Waals surface area contributed by atoms with Crippen LogP contribution in [0.2, 0.25) is 0 Å². The zero-order chi connectivity index (χ0) is 12.5. The number of benzene rings is 1. The molecule has 2 heterocycles. The first kappa shape index (κ1) is 11.4. The molecule has 0 spiro atoms. The van der Waals surface area contributed by atoms with Crippen LogP contribution in [0.5, 0.6) is 0 Å². The van der Waals surface area contributed by atoms with E-state index >= 15 is 0 Å². The number of halogens is 1. The van der Waals surface area contributed by atoms with E-state index in [1.165, 1.54) is 0 Å². The zero-order valence-corrected chi connectivity index (χ0v) is 11.0. The van der Waals surface area contributed by atoms with Crippen molar-refractivity contribution in [3.63, 3.8) is 0 Å². The van der Waals surface area contributed by atoms with Crippen molar-refractivity contribution in [1.29, 1.82) is 0 Å². The molecule has 0 aliphatic heterocycles. The van der Waals surface area contributed by atoms with E-state index in [1.807, 2.05) is 24.3 Å². The SMILES string of the molecule is NC(c1occc1Br)c1cccc2nccnc12.